The molecule has 3 heterocycles. The molecule has 9 nitrogen and oxygen atoms in total. The molecule has 0 radical (unpaired) electrons. The molecular weight excluding hydrogens is 524 g/mol. The molecule has 2 atom stereocenters. The zero-order chi connectivity index (χ0) is 28.8. The van der Waals surface area contributed by atoms with Crippen molar-refractivity contribution in [2.24, 2.45) is 5.92 Å². The molecule has 5 rings (SSSR count). The van der Waals surface area contributed by atoms with Crippen molar-refractivity contribution in [3.05, 3.63) is 52.9 Å². The zero-order valence-electron chi connectivity index (χ0n) is 23.8. The van der Waals surface area contributed by atoms with E-state index < -0.39 is 12.2 Å². The third-order valence-electron chi connectivity index (χ3n) is 8.14. The van der Waals surface area contributed by atoms with Gasteiger partial charge in [-0.1, -0.05) is 25.5 Å². The van der Waals surface area contributed by atoms with E-state index in [0.29, 0.717) is 35.7 Å². The normalized spacial score (nSPS) is 18.8. The van der Waals surface area contributed by atoms with Crippen LogP contribution in [0.15, 0.2) is 51.9 Å². The van der Waals surface area contributed by atoms with E-state index in [1.165, 1.54) is 31.6 Å². The molecule has 41 heavy (non-hydrogen) atoms. The van der Waals surface area contributed by atoms with Crippen molar-refractivity contribution in [1.29, 1.82) is 0 Å². The summed E-state index contributed by atoms with van der Waals surface area (Å²) < 4.78 is 17.2. The maximum atomic E-state index is 13.3. The number of rotatable bonds is 11. The van der Waals surface area contributed by atoms with Gasteiger partial charge in [0.15, 0.2) is 0 Å². The first-order chi connectivity index (χ1) is 19.9. The second kappa shape index (κ2) is 13.7. The molecule has 3 aromatic rings. The predicted molar refractivity (Wildman–Crippen MR) is 158 cm³/mol. The van der Waals surface area contributed by atoms with Gasteiger partial charge in [0, 0.05) is 25.2 Å². The fraction of sp³-hybridized carbons (Fsp3) is 0.531. The monoisotopic (exact) mass is 566 g/mol. The van der Waals surface area contributed by atoms with Crippen molar-refractivity contribution in [3.8, 4) is 28.4 Å². The van der Waals surface area contributed by atoms with E-state index in [4.69, 9.17) is 13.9 Å². The van der Waals surface area contributed by atoms with E-state index in [1.54, 1.807) is 30.3 Å². The number of aliphatic hydroxyl groups excluding tert-OH is 2. The lowest BCUT2D eigenvalue weighted by Gasteiger charge is -2.31. The Kier molecular flexibility index (Phi) is 9.82. The van der Waals surface area contributed by atoms with Crippen LogP contribution in [0.2, 0.25) is 0 Å². The van der Waals surface area contributed by atoms with E-state index in [0.717, 1.165) is 44.9 Å². The number of hydrogen-bond donors (Lipinski definition) is 3. The third kappa shape index (κ3) is 7.80. The largest absolute Gasteiger partial charge is 0.507 e. The van der Waals surface area contributed by atoms with Crippen molar-refractivity contribution in [1.82, 2.24) is 9.80 Å². The molecule has 2 aromatic carbocycles. The third-order valence-corrected chi connectivity index (χ3v) is 8.14. The highest BCUT2D eigenvalue weighted by Gasteiger charge is 2.20. The van der Waals surface area contributed by atoms with Gasteiger partial charge in [0.05, 0.1) is 5.56 Å². The number of phenols is 1. The number of likely N-dealkylation sites (tertiary alicyclic amines) is 2. The van der Waals surface area contributed by atoms with Crippen LogP contribution in [0, 0.1) is 5.92 Å². The fourth-order valence-corrected chi connectivity index (χ4v) is 5.69. The molecule has 0 spiro atoms. The Balaban J connectivity index is 1.19. The zero-order valence-corrected chi connectivity index (χ0v) is 23.8. The van der Waals surface area contributed by atoms with Gasteiger partial charge in [-0.25, -0.2) is 0 Å². The molecule has 0 amide bonds. The number of piperidine rings is 2. The molecule has 2 saturated heterocycles. The average Bonchev–Trinajstić information content (AvgIpc) is 2.97. The van der Waals surface area contributed by atoms with Crippen molar-refractivity contribution in [3.63, 3.8) is 0 Å². The SMILES string of the molecule is CC1CCN(CC(O)COc2cc(O)c3c(=O)c(-c4ccc(OCC(O)CN5CCCCC5)cc4)coc3c2)CC1. The summed E-state index contributed by atoms with van der Waals surface area (Å²) in [5.41, 5.74) is 0.775. The highest BCUT2D eigenvalue weighted by Crippen LogP contribution is 2.31. The first-order valence-corrected chi connectivity index (χ1v) is 14.8. The Morgan fingerprint density at radius 2 is 1.49 bits per heavy atom. The van der Waals surface area contributed by atoms with Crippen LogP contribution in [0.3, 0.4) is 0 Å². The van der Waals surface area contributed by atoms with E-state index in [1.807, 2.05) is 0 Å². The number of fused-ring (bicyclic) bond motifs is 1. The van der Waals surface area contributed by atoms with Gasteiger partial charge in [0.2, 0.25) is 5.43 Å². The summed E-state index contributed by atoms with van der Waals surface area (Å²) in [6.07, 6.45) is 6.00. The lowest BCUT2D eigenvalue weighted by Crippen LogP contribution is -2.40. The Hall–Kier alpha value is -3.11. The first-order valence-electron chi connectivity index (χ1n) is 14.8. The number of aromatic hydroxyl groups is 1. The Bertz CT molecular complexity index is 1330. The van der Waals surface area contributed by atoms with Gasteiger partial charge in [-0.05, 0) is 75.5 Å². The minimum atomic E-state index is -0.666. The highest BCUT2D eigenvalue weighted by molar-refractivity contribution is 5.88. The average molecular weight is 567 g/mol. The number of benzene rings is 2. The minimum Gasteiger partial charge on any atom is -0.507 e. The van der Waals surface area contributed by atoms with Crippen LogP contribution >= 0.6 is 0 Å². The van der Waals surface area contributed by atoms with Gasteiger partial charge >= 0.3 is 0 Å². The number of phenolic OH excluding ortho intramolecular Hbond substituents is 1. The molecule has 2 fully saturated rings. The second-order valence-corrected chi connectivity index (χ2v) is 11.6. The molecule has 222 valence electrons. The van der Waals surface area contributed by atoms with Crippen LogP contribution < -0.4 is 14.9 Å². The van der Waals surface area contributed by atoms with E-state index in [9.17, 15) is 20.1 Å². The molecule has 2 aliphatic rings. The van der Waals surface area contributed by atoms with Crippen LogP contribution in [-0.2, 0) is 0 Å². The van der Waals surface area contributed by atoms with Crippen LogP contribution in [0.25, 0.3) is 22.1 Å². The van der Waals surface area contributed by atoms with Gasteiger partial charge in [0.1, 0.15) is 59.9 Å². The summed E-state index contributed by atoms with van der Waals surface area (Å²) in [7, 11) is 0. The lowest BCUT2D eigenvalue weighted by atomic mass is 9.99. The Morgan fingerprint density at radius 1 is 0.878 bits per heavy atom. The minimum absolute atomic E-state index is 0.0685. The van der Waals surface area contributed by atoms with Gasteiger partial charge in [-0.2, -0.15) is 0 Å². The number of aliphatic hydroxyl groups is 2. The van der Waals surface area contributed by atoms with Gasteiger partial charge in [0.25, 0.3) is 0 Å². The summed E-state index contributed by atoms with van der Waals surface area (Å²) in [5.74, 6) is 1.40. The topological polar surface area (TPSA) is 116 Å². The molecule has 0 bridgehead atoms. The van der Waals surface area contributed by atoms with Crippen molar-refractivity contribution >= 4 is 11.0 Å². The molecular formula is C32H42N2O7. The van der Waals surface area contributed by atoms with E-state index in [-0.39, 0.29) is 35.4 Å². The molecule has 9 heteroatoms. The number of nitrogens with zero attached hydrogens (tertiary/aromatic N) is 2. The molecule has 1 aromatic heterocycles. The van der Waals surface area contributed by atoms with Crippen molar-refractivity contribution in [2.45, 2.75) is 51.2 Å². The fourth-order valence-electron chi connectivity index (χ4n) is 5.69. The van der Waals surface area contributed by atoms with Crippen LogP contribution in [-0.4, -0.2) is 89.8 Å². The molecule has 2 aliphatic heterocycles. The van der Waals surface area contributed by atoms with E-state index in [2.05, 4.69) is 16.7 Å². The summed E-state index contributed by atoms with van der Waals surface area (Å²) in [6, 6.07) is 9.94. The van der Waals surface area contributed by atoms with Crippen molar-refractivity contribution in [2.75, 3.05) is 52.5 Å². The smallest absolute Gasteiger partial charge is 0.204 e. The number of ether oxygens (including phenoxy) is 2. The second-order valence-electron chi connectivity index (χ2n) is 11.6. The summed E-state index contributed by atoms with van der Waals surface area (Å²) in [4.78, 5) is 17.8. The van der Waals surface area contributed by atoms with E-state index >= 15 is 0 Å². The lowest BCUT2D eigenvalue weighted by molar-refractivity contribution is 0.0562. The predicted octanol–water partition coefficient (Wildman–Crippen LogP) is 3.86. The van der Waals surface area contributed by atoms with Crippen LogP contribution in [0.5, 0.6) is 17.2 Å². The van der Waals surface area contributed by atoms with Crippen LogP contribution in [0.1, 0.15) is 39.0 Å². The van der Waals surface area contributed by atoms with Crippen molar-refractivity contribution < 1.29 is 29.2 Å². The first kappa shape index (κ1) is 29.4. The standard InChI is InChI=1S/C32H42N2O7/c1-22-9-13-34(14-10-22)18-25(36)20-40-27-15-29(37)31-30(16-27)41-21-28(32(31)38)23-5-7-26(8-6-23)39-19-24(35)17-33-11-3-2-4-12-33/h5-8,15-16,21-22,24-25,35-37H,2-4,9-14,17-20H2,1H3. The maximum Gasteiger partial charge on any atom is 0.204 e. The highest BCUT2D eigenvalue weighted by atomic mass is 16.5. The van der Waals surface area contributed by atoms with Gasteiger partial charge in [-0.15, -0.1) is 0 Å². The Labute approximate surface area is 240 Å². The van der Waals surface area contributed by atoms with Crippen LogP contribution in [0.4, 0.5) is 0 Å². The molecule has 0 saturated carbocycles. The summed E-state index contributed by atoms with van der Waals surface area (Å²) in [5, 5.41) is 31.5. The van der Waals surface area contributed by atoms with Gasteiger partial charge < -0.3 is 39.0 Å². The quantitative estimate of drug-likeness (QED) is 0.318. The molecule has 0 aliphatic carbocycles. The number of hydrogen-bond acceptors (Lipinski definition) is 9. The van der Waals surface area contributed by atoms with Gasteiger partial charge in [-0.3, -0.25) is 4.79 Å². The Morgan fingerprint density at radius 3 is 2.15 bits per heavy atom. The summed E-state index contributed by atoms with van der Waals surface area (Å²) >= 11 is 0. The molecule has 2 unspecified atom stereocenters. The maximum absolute atomic E-state index is 13.3. The summed E-state index contributed by atoms with van der Waals surface area (Å²) in [6.45, 7) is 7.64. The molecule has 3 N–H and O–H groups in total. The number of β-amino-alcohol motifs (C(OH)–C–C–N with tert-alkyl or cyclic N) is 2.